The van der Waals surface area contributed by atoms with Gasteiger partial charge in [0.15, 0.2) is 0 Å². The molecule has 1 heterocycles. The Morgan fingerprint density at radius 1 is 1.08 bits per heavy atom. The van der Waals surface area contributed by atoms with Crippen molar-refractivity contribution in [2.45, 2.75) is 45.1 Å². The zero-order valence-corrected chi connectivity index (χ0v) is 23.5. The van der Waals surface area contributed by atoms with E-state index in [1.807, 2.05) is 38.4 Å². The number of nitrogens with zero attached hydrogens (tertiary/aromatic N) is 1. The summed E-state index contributed by atoms with van der Waals surface area (Å²) in [5.74, 6) is 2.17. The van der Waals surface area contributed by atoms with Crippen LogP contribution in [0, 0.1) is 13.8 Å². The summed E-state index contributed by atoms with van der Waals surface area (Å²) < 4.78 is 23.2. The number of methoxy groups -OCH3 is 1. The van der Waals surface area contributed by atoms with Crippen LogP contribution in [0.3, 0.4) is 0 Å². The van der Waals surface area contributed by atoms with Gasteiger partial charge < -0.3 is 29.6 Å². The highest BCUT2D eigenvalue weighted by Gasteiger charge is 2.31. The second-order valence-electron chi connectivity index (χ2n) is 10.8. The number of esters is 1. The molecule has 0 fully saturated rings. The first-order chi connectivity index (χ1) is 18.7. The summed E-state index contributed by atoms with van der Waals surface area (Å²) in [5, 5.41) is 0. The van der Waals surface area contributed by atoms with Gasteiger partial charge in [-0.25, -0.2) is 0 Å². The quantitative estimate of drug-likeness (QED) is 0.285. The van der Waals surface area contributed by atoms with Gasteiger partial charge in [0.25, 0.3) is 0 Å². The number of nitrogen functional groups attached to an aromatic ring is 1. The normalized spacial score (nSPS) is 17.5. The van der Waals surface area contributed by atoms with Gasteiger partial charge in [0, 0.05) is 35.3 Å². The minimum atomic E-state index is -0.234. The SMILES string of the molecule is COC(=O)C[C@@H]1COc2cc(O[C@@H]3CCc4c(-c5c(C)cc(OCCN(C)C)cc5C)ccc(N)c43)ccc21. The van der Waals surface area contributed by atoms with Gasteiger partial charge in [-0.3, -0.25) is 4.79 Å². The highest BCUT2D eigenvalue weighted by atomic mass is 16.5. The summed E-state index contributed by atoms with van der Waals surface area (Å²) in [6.07, 6.45) is 1.91. The number of benzene rings is 3. The second-order valence-corrected chi connectivity index (χ2v) is 10.8. The smallest absolute Gasteiger partial charge is 0.306 e. The van der Waals surface area contributed by atoms with E-state index in [9.17, 15) is 4.79 Å². The van der Waals surface area contributed by atoms with Crippen LogP contribution in [-0.2, 0) is 16.0 Å². The number of anilines is 1. The fraction of sp³-hybridized carbons (Fsp3) is 0.406. The topological polar surface area (TPSA) is 83.3 Å². The van der Waals surface area contributed by atoms with Gasteiger partial charge >= 0.3 is 5.97 Å². The molecule has 0 aromatic heterocycles. The molecule has 0 radical (unpaired) electrons. The van der Waals surface area contributed by atoms with E-state index in [0.29, 0.717) is 19.6 Å². The summed E-state index contributed by atoms with van der Waals surface area (Å²) in [6, 6.07) is 14.3. The van der Waals surface area contributed by atoms with Crippen molar-refractivity contribution in [2.75, 3.05) is 46.7 Å². The second kappa shape index (κ2) is 11.2. The highest BCUT2D eigenvalue weighted by molar-refractivity contribution is 5.79. The van der Waals surface area contributed by atoms with Gasteiger partial charge in [-0.15, -0.1) is 0 Å². The molecule has 39 heavy (non-hydrogen) atoms. The van der Waals surface area contributed by atoms with E-state index in [1.54, 1.807) is 0 Å². The highest BCUT2D eigenvalue weighted by Crippen LogP contribution is 2.46. The summed E-state index contributed by atoms with van der Waals surface area (Å²) in [5.41, 5.74) is 15.4. The fourth-order valence-electron chi connectivity index (χ4n) is 5.83. The van der Waals surface area contributed by atoms with E-state index in [4.69, 9.17) is 24.7 Å². The molecule has 2 aliphatic rings. The standard InChI is InChI=1S/C32H38N2O5/c1-19-14-23(37-13-12-34(3)4)15-20(2)31(19)25-8-10-27(33)32-26(25)9-11-28(32)39-22-6-7-24-21(16-30(35)36-5)18-38-29(24)17-22/h6-8,10,14-15,17,21,28H,9,11-13,16,18,33H2,1-5H3/t21-,28-/m1/s1. The molecule has 1 aliphatic heterocycles. The maximum Gasteiger partial charge on any atom is 0.306 e. The van der Waals surface area contributed by atoms with Crippen molar-refractivity contribution in [1.82, 2.24) is 4.90 Å². The third-order valence-corrected chi connectivity index (χ3v) is 7.74. The molecule has 0 unspecified atom stereocenters. The Hall–Kier alpha value is -3.71. The monoisotopic (exact) mass is 530 g/mol. The van der Waals surface area contributed by atoms with Crippen LogP contribution in [-0.4, -0.2) is 51.8 Å². The first-order valence-corrected chi connectivity index (χ1v) is 13.6. The number of carbonyl (C=O) groups excluding carboxylic acids is 1. The van der Waals surface area contributed by atoms with Gasteiger partial charge in [-0.1, -0.05) is 12.1 Å². The van der Waals surface area contributed by atoms with Crippen LogP contribution in [0.2, 0.25) is 0 Å². The lowest BCUT2D eigenvalue weighted by molar-refractivity contribution is -0.141. The molecule has 0 saturated carbocycles. The summed E-state index contributed by atoms with van der Waals surface area (Å²) in [7, 11) is 5.50. The molecule has 206 valence electrons. The lowest BCUT2D eigenvalue weighted by Gasteiger charge is -2.20. The molecule has 0 spiro atoms. The predicted molar refractivity (Wildman–Crippen MR) is 153 cm³/mol. The van der Waals surface area contributed by atoms with E-state index >= 15 is 0 Å². The number of aryl methyl sites for hydroxylation is 2. The Balaban J connectivity index is 1.38. The number of hydrogen-bond acceptors (Lipinski definition) is 7. The van der Waals surface area contributed by atoms with Gasteiger partial charge in [0.05, 0.1) is 20.1 Å². The summed E-state index contributed by atoms with van der Waals surface area (Å²) in [6.45, 7) is 6.28. The summed E-state index contributed by atoms with van der Waals surface area (Å²) in [4.78, 5) is 13.9. The van der Waals surface area contributed by atoms with Gasteiger partial charge in [0.1, 0.15) is 30.0 Å². The number of ether oxygens (including phenoxy) is 4. The molecule has 2 N–H and O–H groups in total. The Morgan fingerprint density at radius 3 is 2.56 bits per heavy atom. The van der Waals surface area contributed by atoms with Crippen LogP contribution in [0.15, 0.2) is 42.5 Å². The lowest BCUT2D eigenvalue weighted by Crippen LogP contribution is -2.19. The molecular weight excluding hydrogens is 492 g/mol. The van der Waals surface area contributed by atoms with Gasteiger partial charge in [-0.05, 0) is 92.9 Å². The summed E-state index contributed by atoms with van der Waals surface area (Å²) >= 11 is 0. The molecule has 5 rings (SSSR count). The van der Waals surface area contributed by atoms with E-state index in [-0.39, 0.29) is 18.0 Å². The molecule has 2 atom stereocenters. The molecule has 3 aromatic carbocycles. The lowest BCUT2D eigenvalue weighted by atomic mass is 9.90. The number of hydrogen-bond donors (Lipinski definition) is 1. The van der Waals surface area contributed by atoms with Crippen LogP contribution in [0.25, 0.3) is 11.1 Å². The van der Waals surface area contributed by atoms with Crippen LogP contribution in [0.5, 0.6) is 17.2 Å². The third-order valence-electron chi connectivity index (χ3n) is 7.74. The minimum absolute atomic E-state index is 0.00293. The van der Waals surface area contributed by atoms with Crippen molar-refractivity contribution < 1.29 is 23.7 Å². The van der Waals surface area contributed by atoms with Crippen molar-refractivity contribution in [1.29, 1.82) is 0 Å². The van der Waals surface area contributed by atoms with Gasteiger partial charge in [0.2, 0.25) is 0 Å². The zero-order valence-electron chi connectivity index (χ0n) is 23.5. The number of nitrogens with two attached hydrogens (primary N) is 1. The van der Waals surface area contributed by atoms with Crippen molar-refractivity contribution in [3.8, 4) is 28.4 Å². The maximum absolute atomic E-state index is 11.8. The van der Waals surface area contributed by atoms with Crippen molar-refractivity contribution in [3.05, 3.63) is 70.3 Å². The Kier molecular flexibility index (Phi) is 7.71. The van der Waals surface area contributed by atoms with E-state index in [0.717, 1.165) is 53.4 Å². The largest absolute Gasteiger partial charge is 0.492 e. The van der Waals surface area contributed by atoms with E-state index in [2.05, 4.69) is 36.9 Å². The van der Waals surface area contributed by atoms with Crippen LogP contribution in [0.1, 0.15) is 52.7 Å². The minimum Gasteiger partial charge on any atom is -0.492 e. The van der Waals surface area contributed by atoms with E-state index < -0.39 is 0 Å². The Bertz CT molecular complexity index is 1360. The first kappa shape index (κ1) is 26.9. The number of carbonyl (C=O) groups is 1. The third kappa shape index (κ3) is 5.55. The Labute approximate surface area is 230 Å². The predicted octanol–water partition coefficient (Wildman–Crippen LogP) is 5.60. The first-order valence-electron chi connectivity index (χ1n) is 13.6. The van der Waals surface area contributed by atoms with Crippen LogP contribution >= 0.6 is 0 Å². The van der Waals surface area contributed by atoms with Gasteiger partial charge in [-0.2, -0.15) is 0 Å². The molecule has 0 bridgehead atoms. The molecule has 7 heteroatoms. The number of rotatable bonds is 9. The molecular formula is C32H38N2O5. The number of fused-ring (bicyclic) bond motifs is 2. The van der Waals surface area contributed by atoms with Crippen molar-refractivity contribution in [3.63, 3.8) is 0 Å². The molecule has 0 amide bonds. The average Bonchev–Trinajstić information content (AvgIpc) is 3.49. The molecule has 3 aromatic rings. The zero-order chi connectivity index (χ0) is 27.7. The van der Waals surface area contributed by atoms with Crippen molar-refractivity contribution in [2.24, 2.45) is 0 Å². The molecule has 7 nitrogen and oxygen atoms in total. The van der Waals surface area contributed by atoms with Crippen LogP contribution < -0.4 is 19.9 Å². The number of likely N-dealkylation sites (N-methyl/N-ethyl adjacent to an activating group) is 1. The molecule has 1 aliphatic carbocycles. The maximum atomic E-state index is 11.8. The Morgan fingerprint density at radius 2 is 1.85 bits per heavy atom. The van der Waals surface area contributed by atoms with E-state index in [1.165, 1.54) is 34.9 Å². The van der Waals surface area contributed by atoms with Crippen LogP contribution in [0.4, 0.5) is 5.69 Å². The fourth-order valence-corrected chi connectivity index (χ4v) is 5.83. The van der Waals surface area contributed by atoms with Crippen molar-refractivity contribution >= 4 is 11.7 Å². The molecule has 0 saturated heterocycles. The average molecular weight is 531 g/mol.